The van der Waals surface area contributed by atoms with Crippen molar-refractivity contribution < 1.29 is 4.39 Å². The van der Waals surface area contributed by atoms with Crippen LogP contribution in [0.1, 0.15) is 42.3 Å². The molecule has 1 aliphatic carbocycles. The normalized spacial score (nSPS) is 14.8. The molecule has 0 amide bonds. The van der Waals surface area contributed by atoms with Gasteiger partial charge in [0.05, 0.1) is 23.1 Å². The second-order valence-corrected chi connectivity index (χ2v) is 8.80. The summed E-state index contributed by atoms with van der Waals surface area (Å²) >= 11 is 0. The summed E-state index contributed by atoms with van der Waals surface area (Å²) in [5, 5.41) is 0.523. The Balaban J connectivity index is 1.63. The van der Waals surface area contributed by atoms with Crippen LogP contribution in [0.3, 0.4) is 0 Å². The lowest BCUT2D eigenvalue weighted by molar-refractivity contribution is 0.231. The Morgan fingerprint density at radius 3 is 2.55 bits per heavy atom. The number of aromatic nitrogens is 4. The third kappa shape index (κ3) is 3.77. The fourth-order valence-electron chi connectivity index (χ4n) is 4.63. The molecule has 168 valence electrons. The highest BCUT2D eigenvalue weighted by atomic mass is 19.1. The van der Waals surface area contributed by atoms with E-state index in [1.807, 2.05) is 35.6 Å². The molecule has 33 heavy (non-hydrogen) atoms. The molecule has 0 saturated heterocycles. The van der Waals surface area contributed by atoms with Crippen molar-refractivity contribution in [3.05, 3.63) is 88.1 Å². The Morgan fingerprint density at radius 2 is 1.88 bits per heavy atom. The number of hydrogen-bond donors (Lipinski definition) is 0. The summed E-state index contributed by atoms with van der Waals surface area (Å²) in [6, 6.07) is 10.6. The first-order chi connectivity index (χ1) is 15.9. The van der Waals surface area contributed by atoms with Gasteiger partial charge in [0.1, 0.15) is 17.5 Å². The van der Waals surface area contributed by atoms with Crippen molar-refractivity contribution in [2.24, 2.45) is 5.92 Å². The van der Waals surface area contributed by atoms with E-state index in [0.29, 0.717) is 34.0 Å². The molecule has 0 spiro atoms. The predicted octanol–water partition coefficient (Wildman–Crippen LogP) is 5.10. The van der Waals surface area contributed by atoms with Gasteiger partial charge in [-0.05, 0) is 80.1 Å². The van der Waals surface area contributed by atoms with Gasteiger partial charge in [0.25, 0.3) is 5.56 Å². The van der Waals surface area contributed by atoms with Crippen LogP contribution in [0.2, 0.25) is 0 Å². The molecule has 1 aromatic carbocycles. The Kier molecular flexibility index (Phi) is 5.40. The SMILES string of the molecule is Cc1cc(N(C)c2cc3c(=O)n(C(c4ccncc4)C4CCC4)c(C)nc3cn2)ccc1F. The summed E-state index contributed by atoms with van der Waals surface area (Å²) in [4.78, 5) is 29.1. The largest absolute Gasteiger partial charge is 0.329 e. The van der Waals surface area contributed by atoms with Crippen LogP contribution in [0.4, 0.5) is 15.9 Å². The van der Waals surface area contributed by atoms with Crippen LogP contribution in [0.5, 0.6) is 0 Å². The Bertz CT molecular complexity index is 1380. The third-order valence-corrected chi connectivity index (χ3v) is 6.74. The minimum Gasteiger partial charge on any atom is -0.329 e. The van der Waals surface area contributed by atoms with E-state index in [1.165, 1.54) is 12.5 Å². The summed E-state index contributed by atoms with van der Waals surface area (Å²) in [5.41, 5.74) is 2.93. The van der Waals surface area contributed by atoms with Crippen LogP contribution in [0.25, 0.3) is 10.9 Å². The fourth-order valence-corrected chi connectivity index (χ4v) is 4.63. The first kappa shape index (κ1) is 21.2. The molecule has 1 fully saturated rings. The van der Waals surface area contributed by atoms with Crippen LogP contribution in [-0.4, -0.2) is 26.6 Å². The lowest BCUT2D eigenvalue weighted by atomic mass is 9.77. The van der Waals surface area contributed by atoms with Crippen LogP contribution < -0.4 is 10.5 Å². The monoisotopic (exact) mass is 443 g/mol. The Labute approximate surface area is 191 Å². The minimum absolute atomic E-state index is 0.0692. The Hall–Kier alpha value is -3.61. The molecule has 0 radical (unpaired) electrons. The number of rotatable bonds is 5. The van der Waals surface area contributed by atoms with Crippen molar-refractivity contribution in [3.8, 4) is 0 Å². The van der Waals surface area contributed by atoms with Crippen molar-refractivity contribution in [1.29, 1.82) is 0 Å². The number of nitrogens with zero attached hydrogens (tertiary/aromatic N) is 5. The second-order valence-electron chi connectivity index (χ2n) is 8.80. The average molecular weight is 444 g/mol. The van der Waals surface area contributed by atoms with Gasteiger partial charge in [-0.2, -0.15) is 0 Å². The molecule has 5 rings (SSSR count). The van der Waals surface area contributed by atoms with E-state index in [9.17, 15) is 9.18 Å². The van der Waals surface area contributed by atoms with Gasteiger partial charge in [0.2, 0.25) is 0 Å². The summed E-state index contributed by atoms with van der Waals surface area (Å²) in [6.45, 7) is 3.61. The molecule has 0 bridgehead atoms. The quantitative estimate of drug-likeness (QED) is 0.429. The first-order valence-corrected chi connectivity index (χ1v) is 11.2. The molecule has 1 unspecified atom stereocenters. The molecule has 1 aliphatic rings. The molecular weight excluding hydrogens is 417 g/mol. The van der Waals surface area contributed by atoms with E-state index in [0.717, 1.165) is 24.1 Å². The zero-order valence-corrected chi connectivity index (χ0v) is 19.0. The molecule has 3 heterocycles. The highest BCUT2D eigenvalue weighted by molar-refractivity contribution is 5.81. The maximum absolute atomic E-state index is 13.8. The van der Waals surface area contributed by atoms with Crippen LogP contribution in [0, 0.1) is 25.6 Å². The molecule has 1 saturated carbocycles. The topological polar surface area (TPSA) is 63.9 Å². The maximum atomic E-state index is 13.8. The highest BCUT2D eigenvalue weighted by Gasteiger charge is 2.32. The maximum Gasteiger partial charge on any atom is 0.262 e. The molecule has 1 atom stereocenters. The van der Waals surface area contributed by atoms with Gasteiger partial charge in [-0.3, -0.25) is 14.3 Å². The standard InChI is InChI=1S/C26H26FN5O/c1-16-13-20(7-8-22(16)27)31(3)24-14-21-23(15-29-24)30-17(2)32(26(21)33)25(18-5-4-6-18)19-9-11-28-12-10-19/h7-15,18,25H,4-6H2,1-3H3. The van der Waals surface area contributed by atoms with Gasteiger partial charge in [0.15, 0.2) is 0 Å². The molecule has 0 aliphatic heterocycles. The van der Waals surface area contributed by atoms with E-state index in [1.54, 1.807) is 43.7 Å². The van der Waals surface area contributed by atoms with Gasteiger partial charge in [-0.15, -0.1) is 0 Å². The number of pyridine rings is 2. The number of hydrogen-bond acceptors (Lipinski definition) is 5. The highest BCUT2D eigenvalue weighted by Crippen LogP contribution is 2.40. The van der Waals surface area contributed by atoms with Gasteiger partial charge >= 0.3 is 0 Å². The smallest absolute Gasteiger partial charge is 0.262 e. The summed E-state index contributed by atoms with van der Waals surface area (Å²) in [7, 11) is 1.86. The lowest BCUT2D eigenvalue weighted by Crippen LogP contribution is -2.35. The third-order valence-electron chi connectivity index (χ3n) is 6.74. The van der Waals surface area contributed by atoms with Crippen LogP contribution in [0.15, 0.2) is 59.8 Å². The number of aryl methyl sites for hydroxylation is 2. The summed E-state index contributed by atoms with van der Waals surface area (Å²) in [5.74, 6) is 1.43. The zero-order chi connectivity index (χ0) is 23.1. The van der Waals surface area contributed by atoms with Gasteiger partial charge in [0, 0.05) is 25.1 Å². The number of fused-ring (bicyclic) bond motifs is 1. The van der Waals surface area contributed by atoms with E-state index in [-0.39, 0.29) is 17.4 Å². The van der Waals surface area contributed by atoms with Crippen LogP contribution >= 0.6 is 0 Å². The number of halogens is 1. The first-order valence-electron chi connectivity index (χ1n) is 11.2. The van der Waals surface area contributed by atoms with Crippen molar-refractivity contribution in [3.63, 3.8) is 0 Å². The molecule has 0 N–H and O–H groups in total. The van der Waals surface area contributed by atoms with Gasteiger partial charge < -0.3 is 4.90 Å². The van der Waals surface area contributed by atoms with Crippen LogP contribution in [-0.2, 0) is 0 Å². The number of anilines is 2. The van der Waals surface area contributed by atoms with E-state index in [4.69, 9.17) is 4.98 Å². The second kappa shape index (κ2) is 8.39. The minimum atomic E-state index is -0.251. The summed E-state index contributed by atoms with van der Waals surface area (Å²) < 4.78 is 15.6. The van der Waals surface area contributed by atoms with E-state index in [2.05, 4.69) is 9.97 Å². The molecular formula is C26H26FN5O. The zero-order valence-electron chi connectivity index (χ0n) is 19.0. The predicted molar refractivity (Wildman–Crippen MR) is 127 cm³/mol. The van der Waals surface area contributed by atoms with E-state index >= 15 is 0 Å². The summed E-state index contributed by atoms with van der Waals surface area (Å²) in [6.07, 6.45) is 8.55. The average Bonchev–Trinajstić information content (AvgIpc) is 2.79. The number of benzene rings is 1. The van der Waals surface area contributed by atoms with Crippen molar-refractivity contribution in [2.45, 2.75) is 39.2 Å². The van der Waals surface area contributed by atoms with Crippen molar-refractivity contribution in [2.75, 3.05) is 11.9 Å². The fraction of sp³-hybridized carbons (Fsp3) is 0.308. The van der Waals surface area contributed by atoms with Crippen molar-refractivity contribution in [1.82, 2.24) is 19.5 Å². The lowest BCUT2D eigenvalue weighted by Gasteiger charge is -2.36. The molecule has 6 nitrogen and oxygen atoms in total. The molecule has 3 aromatic heterocycles. The molecule has 4 aromatic rings. The van der Waals surface area contributed by atoms with Gasteiger partial charge in [-0.1, -0.05) is 6.42 Å². The van der Waals surface area contributed by atoms with Gasteiger partial charge in [-0.25, -0.2) is 14.4 Å². The van der Waals surface area contributed by atoms with Crippen molar-refractivity contribution >= 4 is 22.4 Å². The Morgan fingerprint density at radius 1 is 1.12 bits per heavy atom. The van der Waals surface area contributed by atoms with E-state index < -0.39 is 0 Å². The molecule has 7 heteroatoms.